The third-order valence-electron chi connectivity index (χ3n) is 1.12. The quantitative estimate of drug-likeness (QED) is 0.743. The Labute approximate surface area is 80.1 Å². The number of H-pyrrole nitrogens is 1. The average molecular weight is 219 g/mol. The predicted molar refractivity (Wildman–Crippen MR) is 48.8 cm³/mol. The highest BCUT2D eigenvalue weighted by Crippen LogP contribution is 2.09. The van der Waals surface area contributed by atoms with Crippen molar-refractivity contribution in [2.75, 3.05) is 0 Å². The molecule has 7 heteroatoms. The van der Waals surface area contributed by atoms with E-state index in [9.17, 15) is 0 Å². The molecule has 62 valence electrons. The van der Waals surface area contributed by atoms with Crippen LogP contribution in [0.15, 0.2) is 17.3 Å². The molecule has 0 amide bonds. The lowest BCUT2D eigenvalue weighted by Gasteiger charge is -1.79. The first kappa shape index (κ1) is 7.90. The number of hydrogen-bond acceptors (Lipinski definition) is 5. The summed E-state index contributed by atoms with van der Waals surface area (Å²) in [4.78, 5) is 4.18. The van der Waals surface area contributed by atoms with E-state index in [1.54, 1.807) is 12.3 Å². The van der Waals surface area contributed by atoms with E-state index in [0.717, 1.165) is 0 Å². The Balaban J connectivity index is 2.49. The lowest BCUT2D eigenvalue weighted by Crippen LogP contribution is -1.92. The number of halogens is 1. The fourth-order valence-electron chi connectivity index (χ4n) is 0.645. The maximum Gasteiger partial charge on any atom is 0.179 e. The van der Waals surface area contributed by atoms with Crippen LogP contribution >= 0.6 is 32.5 Å². The van der Waals surface area contributed by atoms with E-state index in [2.05, 4.69) is 19.6 Å². The first-order chi connectivity index (χ1) is 5.86. The van der Waals surface area contributed by atoms with E-state index in [0.29, 0.717) is 15.6 Å². The number of rotatable bonds is 1. The molecule has 0 saturated heterocycles. The van der Waals surface area contributed by atoms with Crippen LogP contribution in [-0.4, -0.2) is 14.6 Å². The Morgan fingerprint density at radius 2 is 2.50 bits per heavy atom. The summed E-state index contributed by atoms with van der Waals surface area (Å²) in [5.41, 5.74) is 0. The molecular formula is C5H3ClN4S2. The molecule has 0 radical (unpaired) electrons. The summed E-state index contributed by atoms with van der Waals surface area (Å²) >= 11 is 5.74. The second-order valence-electron chi connectivity index (χ2n) is 1.90. The van der Waals surface area contributed by atoms with Crippen LogP contribution in [0.25, 0.3) is 0 Å². The third kappa shape index (κ3) is 1.55. The van der Waals surface area contributed by atoms with Gasteiger partial charge in [0.05, 0.1) is 6.20 Å². The molecule has 1 N–H and O–H groups in total. The largest absolute Gasteiger partial charge is 0.261 e. The molecule has 0 bridgehead atoms. The van der Waals surface area contributed by atoms with Crippen molar-refractivity contribution in [2.45, 2.75) is 0 Å². The third-order valence-corrected chi connectivity index (χ3v) is 3.29. The van der Waals surface area contributed by atoms with Gasteiger partial charge in [-0.05, 0) is 10.3 Å². The Bertz CT molecular complexity index is 415. The van der Waals surface area contributed by atoms with E-state index in [4.69, 9.17) is 11.6 Å². The second kappa shape index (κ2) is 3.34. The molecule has 2 aromatic heterocycles. The molecule has 4 nitrogen and oxygen atoms in total. The minimum Gasteiger partial charge on any atom is -0.261 e. The van der Waals surface area contributed by atoms with Crippen LogP contribution in [0.2, 0.25) is 5.15 Å². The van der Waals surface area contributed by atoms with Crippen molar-refractivity contribution in [3.63, 3.8) is 0 Å². The minimum atomic E-state index is 0.444. The van der Waals surface area contributed by atoms with E-state index in [1.807, 2.05) is 0 Å². The first-order valence-electron chi connectivity index (χ1n) is 3.02. The van der Waals surface area contributed by atoms with Gasteiger partial charge in [-0.25, -0.2) is 4.99 Å². The summed E-state index contributed by atoms with van der Waals surface area (Å²) in [7, 11) is 2.75. The van der Waals surface area contributed by atoms with Gasteiger partial charge in [0.15, 0.2) is 9.82 Å². The number of nitrogens with one attached hydrogen (secondary N) is 1. The predicted octanol–water partition coefficient (Wildman–Crippen LogP) is 1.81. The van der Waals surface area contributed by atoms with Gasteiger partial charge in [-0.1, -0.05) is 11.6 Å². The molecule has 2 rings (SSSR count). The Kier molecular flexibility index (Phi) is 2.20. The topological polar surface area (TPSA) is 53.9 Å². The van der Waals surface area contributed by atoms with Gasteiger partial charge in [0.1, 0.15) is 5.82 Å². The lowest BCUT2D eigenvalue weighted by atomic mass is 10.6. The number of hydrogen-bond donors (Lipinski definition) is 1. The summed E-state index contributed by atoms with van der Waals surface area (Å²) in [6.07, 6.45) is 1.64. The van der Waals surface area contributed by atoms with Crippen molar-refractivity contribution in [3.05, 3.63) is 22.1 Å². The van der Waals surface area contributed by atoms with E-state index < -0.39 is 0 Å². The summed E-state index contributed by atoms with van der Waals surface area (Å²) in [6.45, 7) is 0. The average Bonchev–Trinajstić information content (AvgIpc) is 2.65. The fourth-order valence-corrected chi connectivity index (χ4v) is 2.63. The molecule has 0 fully saturated rings. The molecule has 0 aliphatic rings. The van der Waals surface area contributed by atoms with Crippen molar-refractivity contribution in [2.24, 2.45) is 4.99 Å². The lowest BCUT2D eigenvalue weighted by molar-refractivity contribution is 1.07. The van der Waals surface area contributed by atoms with Gasteiger partial charge in [-0.2, -0.15) is 9.47 Å². The highest BCUT2D eigenvalue weighted by atomic mass is 35.5. The molecule has 0 spiro atoms. The molecular weight excluding hydrogens is 216 g/mol. The van der Waals surface area contributed by atoms with Gasteiger partial charge in [0.2, 0.25) is 0 Å². The Morgan fingerprint density at radius 3 is 3.08 bits per heavy atom. The van der Waals surface area contributed by atoms with Crippen molar-refractivity contribution in [1.29, 1.82) is 0 Å². The molecule has 12 heavy (non-hydrogen) atoms. The number of aromatic nitrogens is 3. The molecule has 0 atom stereocenters. The number of nitrogens with zero attached hydrogens (tertiary/aromatic N) is 3. The Hall–Kier alpha value is -0.720. The maximum absolute atomic E-state index is 5.74. The number of aromatic amines is 1. The summed E-state index contributed by atoms with van der Waals surface area (Å²) < 4.78 is 4.61. The molecule has 0 aliphatic heterocycles. The minimum absolute atomic E-state index is 0.444. The monoisotopic (exact) mass is 218 g/mol. The van der Waals surface area contributed by atoms with Gasteiger partial charge >= 0.3 is 0 Å². The van der Waals surface area contributed by atoms with Crippen molar-refractivity contribution in [3.8, 4) is 0 Å². The summed E-state index contributed by atoms with van der Waals surface area (Å²) in [5.74, 6) is 0.688. The van der Waals surface area contributed by atoms with Crippen LogP contribution in [0.1, 0.15) is 0 Å². The van der Waals surface area contributed by atoms with Crippen LogP contribution in [0.3, 0.4) is 0 Å². The van der Waals surface area contributed by atoms with Crippen LogP contribution in [0.5, 0.6) is 0 Å². The van der Waals surface area contributed by atoms with Crippen LogP contribution < -0.4 is 4.67 Å². The molecule has 0 saturated carbocycles. The van der Waals surface area contributed by atoms with E-state index in [-0.39, 0.29) is 0 Å². The smallest absolute Gasteiger partial charge is 0.179 e. The zero-order chi connectivity index (χ0) is 8.39. The summed E-state index contributed by atoms with van der Waals surface area (Å²) in [5, 5.41) is 6.91. The molecule has 2 heterocycles. The van der Waals surface area contributed by atoms with Crippen molar-refractivity contribution in [1.82, 2.24) is 14.6 Å². The van der Waals surface area contributed by atoms with Gasteiger partial charge in [-0.3, -0.25) is 5.10 Å². The maximum atomic E-state index is 5.74. The fraction of sp³-hybridized carbons (Fsp3) is 0. The molecule has 2 aromatic rings. The van der Waals surface area contributed by atoms with Crippen LogP contribution in [-0.2, 0) is 0 Å². The highest BCUT2D eigenvalue weighted by Gasteiger charge is 1.96. The SMILES string of the molecule is Clc1nss/c1=N\c1ccn[nH]1. The molecule has 0 unspecified atom stereocenters. The zero-order valence-corrected chi connectivity index (χ0v) is 8.08. The van der Waals surface area contributed by atoms with Gasteiger partial charge in [0.25, 0.3) is 0 Å². The second-order valence-corrected chi connectivity index (χ2v) is 4.09. The first-order valence-corrected chi connectivity index (χ1v) is 5.50. The van der Waals surface area contributed by atoms with Crippen LogP contribution in [0.4, 0.5) is 5.82 Å². The molecule has 0 aromatic carbocycles. The molecule has 0 aliphatic carbocycles. The summed E-state index contributed by atoms with van der Waals surface area (Å²) in [6, 6.07) is 1.76. The Morgan fingerprint density at radius 1 is 1.58 bits per heavy atom. The standard InChI is InChI=1S/C5H3ClN4S2/c6-4-5(11-12-10-4)8-3-1-2-7-9-3/h1-2H,(H,7,9)/b8-5-. The zero-order valence-electron chi connectivity index (χ0n) is 5.69. The van der Waals surface area contributed by atoms with Gasteiger partial charge in [0, 0.05) is 16.6 Å². The van der Waals surface area contributed by atoms with E-state index >= 15 is 0 Å². The van der Waals surface area contributed by atoms with Gasteiger partial charge in [-0.15, -0.1) is 0 Å². The van der Waals surface area contributed by atoms with Crippen LogP contribution in [0, 0.1) is 0 Å². The van der Waals surface area contributed by atoms with Crippen molar-refractivity contribution < 1.29 is 0 Å². The van der Waals surface area contributed by atoms with Crippen molar-refractivity contribution >= 4 is 38.3 Å². The normalized spacial score (nSPS) is 12.2. The van der Waals surface area contributed by atoms with Gasteiger partial charge < -0.3 is 0 Å². The van der Waals surface area contributed by atoms with E-state index in [1.165, 1.54) is 20.9 Å². The highest BCUT2D eigenvalue weighted by molar-refractivity contribution is 7.66.